The van der Waals surface area contributed by atoms with Gasteiger partial charge in [0.15, 0.2) is 22.5 Å². The third-order valence-electron chi connectivity index (χ3n) is 3.90. The van der Waals surface area contributed by atoms with Gasteiger partial charge in [0.25, 0.3) is 5.56 Å². The predicted octanol–water partition coefficient (Wildman–Crippen LogP) is 0.951. The Morgan fingerprint density at radius 3 is 2.44 bits per heavy atom. The van der Waals surface area contributed by atoms with Crippen molar-refractivity contribution >= 4 is 27.9 Å². The number of carbonyl (C=O) groups is 1. The Labute approximate surface area is 152 Å². The van der Waals surface area contributed by atoms with Crippen LogP contribution in [0, 0.1) is 0 Å². The van der Waals surface area contributed by atoms with Crippen LogP contribution in [-0.2, 0) is 16.3 Å². The molecule has 0 atom stereocenters. The van der Waals surface area contributed by atoms with Crippen molar-refractivity contribution in [3.63, 3.8) is 0 Å². The van der Waals surface area contributed by atoms with Crippen LogP contribution >= 0.6 is 0 Å². The van der Waals surface area contributed by atoms with Gasteiger partial charge in [0.1, 0.15) is 0 Å². The van der Waals surface area contributed by atoms with E-state index in [9.17, 15) is 14.4 Å². The van der Waals surface area contributed by atoms with E-state index >= 15 is 0 Å². The fourth-order valence-electron chi connectivity index (χ4n) is 2.60. The molecule has 10 nitrogen and oxygen atoms in total. The predicted molar refractivity (Wildman–Crippen MR) is 96.0 cm³/mol. The van der Waals surface area contributed by atoms with Gasteiger partial charge in [-0.05, 0) is 12.5 Å². The van der Waals surface area contributed by atoms with Crippen LogP contribution in [0.15, 0.2) is 21.7 Å². The van der Waals surface area contributed by atoms with Gasteiger partial charge in [0, 0.05) is 12.5 Å². The van der Waals surface area contributed by atoms with Crippen molar-refractivity contribution in [3.05, 3.63) is 32.7 Å². The monoisotopic (exact) mass is 374 g/mol. The summed E-state index contributed by atoms with van der Waals surface area (Å²) in [6, 6.07) is 2.96. The molecule has 27 heavy (non-hydrogen) atoms. The molecule has 2 heterocycles. The average molecular weight is 374 g/mol. The van der Waals surface area contributed by atoms with Crippen LogP contribution in [-0.4, -0.2) is 40.2 Å². The summed E-state index contributed by atoms with van der Waals surface area (Å²) in [7, 11) is 2.89. The lowest BCUT2D eigenvalue weighted by molar-refractivity contribution is -0.148. The number of ether oxygens (including phenoxy) is 3. The number of nitrogens with one attached hydrogen (secondary N) is 1. The van der Waals surface area contributed by atoms with E-state index in [1.54, 1.807) is 0 Å². The maximum absolute atomic E-state index is 12.9. The van der Waals surface area contributed by atoms with Gasteiger partial charge in [-0.1, -0.05) is 6.92 Å². The molecule has 0 bridgehead atoms. The number of nitrogens with zero attached hydrogens (tertiary/aromatic N) is 3. The lowest BCUT2D eigenvalue weighted by Crippen LogP contribution is -2.12. The number of carbonyl (C=O) groups excluding carboxylic acids is 1. The van der Waals surface area contributed by atoms with E-state index in [1.165, 1.54) is 26.4 Å². The van der Waals surface area contributed by atoms with E-state index in [0.29, 0.717) is 17.9 Å². The molecule has 0 saturated heterocycles. The molecule has 0 aliphatic rings. The van der Waals surface area contributed by atoms with Crippen molar-refractivity contribution in [1.82, 2.24) is 20.0 Å². The minimum atomic E-state index is -0.601. The van der Waals surface area contributed by atoms with Crippen molar-refractivity contribution in [2.45, 2.75) is 26.5 Å². The van der Waals surface area contributed by atoms with Crippen LogP contribution in [0.3, 0.4) is 0 Å². The molecule has 142 valence electrons. The third-order valence-corrected chi connectivity index (χ3v) is 3.90. The van der Waals surface area contributed by atoms with Gasteiger partial charge in [0.05, 0.1) is 25.1 Å². The highest BCUT2D eigenvalue weighted by Crippen LogP contribution is 2.29. The number of methoxy groups -OCH3 is 2. The molecule has 0 saturated carbocycles. The van der Waals surface area contributed by atoms with E-state index in [0.717, 1.165) is 4.80 Å². The number of fused-ring (bicyclic) bond motifs is 2. The number of aromatic nitrogens is 4. The van der Waals surface area contributed by atoms with Crippen LogP contribution in [0.2, 0.25) is 0 Å². The first-order valence-corrected chi connectivity index (χ1v) is 8.21. The third kappa shape index (κ3) is 3.46. The smallest absolute Gasteiger partial charge is 0.307 e. The lowest BCUT2D eigenvalue weighted by atomic mass is 10.2. The van der Waals surface area contributed by atoms with Crippen LogP contribution in [0.25, 0.3) is 21.9 Å². The van der Waals surface area contributed by atoms with Gasteiger partial charge >= 0.3 is 5.97 Å². The summed E-state index contributed by atoms with van der Waals surface area (Å²) >= 11 is 0. The molecule has 1 N–H and O–H groups in total. The summed E-state index contributed by atoms with van der Waals surface area (Å²) in [6.07, 6.45) is 0.903. The molecular weight excluding hydrogens is 356 g/mol. The highest BCUT2D eigenvalue weighted by Gasteiger charge is 2.15. The molecule has 1 aromatic carbocycles. The van der Waals surface area contributed by atoms with Crippen molar-refractivity contribution in [2.24, 2.45) is 0 Å². The summed E-state index contributed by atoms with van der Waals surface area (Å²) in [4.78, 5) is 40.4. The molecule has 0 radical (unpaired) electrons. The number of H-pyrrole nitrogens is 1. The second-order valence-corrected chi connectivity index (χ2v) is 5.70. The van der Waals surface area contributed by atoms with Crippen LogP contribution in [0.4, 0.5) is 0 Å². The first-order chi connectivity index (χ1) is 13.0. The van der Waals surface area contributed by atoms with E-state index < -0.39 is 17.0 Å². The van der Waals surface area contributed by atoms with Gasteiger partial charge in [-0.2, -0.15) is 0 Å². The number of hydrogen-bond acceptors (Lipinski definition) is 8. The standard InChI is InChI=1S/C17H18N4O6/c1-4-5-13(22)27-8-21-19-14-15(20-21)17(24)18-10-7-12(26-3)11(25-2)6-9(10)16(14)23/h6-7H,4-5,8H2,1-3H3,(H,18,24). The number of esters is 1. The molecule has 10 heteroatoms. The Hall–Kier alpha value is -3.43. The van der Waals surface area contributed by atoms with E-state index in [2.05, 4.69) is 15.2 Å². The first-order valence-electron chi connectivity index (χ1n) is 8.21. The van der Waals surface area contributed by atoms with Crippen molar-refractivity contribution in [3.8, 4) is 11.5 Å². The summed E-state index contributed by atoms with van der Waals surface area (Å²) in [5, 5.41) is 8.18. The zero-order valence-corrected chi connectivity index (χ0v) is 15.1. The molecular formula is C17H18N4O6. The maximum Gasteiger partial charge on any atom is 0.307 e. The Kier molecular flexibility index (Phi) is 5.06. The number of hydrogen-bond donors (Lipinski definition) is 1. The Bertz CT molecular complexity index is 1130. The summed E-state index contributed by atoms with van der Waals surface area (Å²) in [6.45, 7) is 1.56. The molecule has 3 aromatic rings. The average Bonchev–Trinajstić information content (AvgIpc) is 3.06. The second-order valence-electron chi connectivity index (χ2n) is 5.70. The molecule has 0 amide bonds. The fourth-order valence-corrected chi connectivity index (χ4v) is 2.60. The van der Waals surface area contributed by atoms with E-state index in [4.69, 9.17) is 14.2 Å². The molecule has 0 aliphatic carbocycles. The fraction of sp³-hybridized carbons (Fsp3) is 0.353. The molecule has 2 aromatic heterocycles. The summed E-state index contributed by atoms with van der Waals surface area (Å²) < 4.78 is 15.4. The normalized spacial score (nSPS) is 10.9. The number of benzene rings is 1. The Morgan fingerprint density at radius 1 is 1.11 bits per heavy atom. The topological polar surface area (TPSA) is 125 Å². The highest BCUT2D eigenvalue weighted by atomic mass is 16.5. The van der Waals surface area contributed by atoms with Gasteiger partial charge in [-0.3, -0.25) is 14.4 Å². The number of aromatic amines is 1. The SMILES string of the molecule is CCCC(=O)OCn1nc2c(=O)[nH]c3cc(OC)c(OC)cc3c(=O)c2n1. The van der Waals surface area contributed by atoms with E-state index in [1.807, 2.05) is 6.92 Å². The minimum absolute atomic E-state index is 0.134. The second kappa shape index (κ2) is 7.44. The maximum atomic E-state index is 12.9. The van der Waals surface area contributed by atoms with Crippen molar-refractivity contribution < 1.29 is 19.0 Å². The van der Waals surface area contributed by atoms with Crippen molar-refractivity contribution in [2.75, 3.05) is 14.2 Å². The molecule has 0 unspecified atom stereocenters. The van der Waals surface area contributed by atoms with Gasteiger partial charge in [-0.15, -0.1) is 15.0 Å². The quantitative estimate of drug-likeness (QED) is 0.632. The van der Waals surface area contributed by atoms with Gasteiger partial charge in [0.2, 0.25) is 12.2 Å². The Balaban J connectivity index is 2.16. The molecule has 0 fully saturated rings. The minimum Gasteiger partial charge on any atom is -0.493 e. The van der Waals surface area contributed by atoms with Gasteiger partial charge < -0.3 is 19.2 Å². The van der Waals surface area contributed by atoms with Crippen LogP contribution in [0.1, 0.15) is 19.8 Å². The van der Waals surface area contributed by atoms with E-state index in [-0.39, 0.29) is 35.1 Å². The highest BCUT2D eigenvalue weighted by molar-refractivity contribution is 5.88. The van der Waals surface area contributed by atoms with Crippen LogP contribution in [0.5, 0.6) is 11.5 Å². The summed E-state index contributed by atoms with van der Waals surface area (Å²) in [5.41, 5.74) is -1.13. The van der Waals surface area contributed by atoms with Gasteiger partial charge in [-0.25, -0.2) is 0 Å². The largest absolute Gasteiger partial charge is 0.493 e. The molecule has 0 aliphatic heterocycles. The zero-order chi connectivity index (χ0) is 19.6. The summed E-state index contributed by atoms with van der Waals surface area (Å²) in [5.74, 6) is 0.288. The molecule has 0 spiro atoms. The zero-order valence-electron chi connectivity index (χ0n) is 15.1. The van der Waals surface area contributed by atoms with Crippen LogP contribution < -0.4 is 20.5 Å². The Morgan fingerprint density at radius 2 is 1.78 bits per heavy atom. The first kappa shape index (κ1) is 18.4. The molecule has 3 rings (SSSR count). The number of rotatable bonds is 6. The lowest BCUT2D eigenvalue weighted by Gasteiger charge is -2.07. The van der Waals surface area contributed by atoms with Crippen molar-refractivity contribution in [1.29, 1.82) is 0 Å².